The molecule has 0 bridgehead atoms. The van der Waals surface area contributed by atoms with Gasteiger partial charge in [-0.15, -0.1) is 0 Å². The van der Waals surface area contributed by atoms with Crippen LogP contribution in [0.2, 0.25) is 0 Å². The topological polar surface area (TPSA) is 93.2 Å². The van der Waals surface area contributed by atoms with E-state index in [0.29, 0.717) is 37.7 Å². The zero-order chi connectivity index (χ0) is 22.1. The molecule has 0 aliphatic rings. The molecule has 0 spiro atoms. The third-order valence-electron chi connectivity index (χ3n) is 3.95. The molecule has 0 rings (SSSR count). The van der Waals surface area contributed by atoms with E-state index in [2.05, 4.69) is 0 Å². The van der Waals surface area contributed by atoms with E-state index in [-0.39, 0.29) is 54.9 Å². The van der Waals surface area contributed by atoms with Crippen molar-refractivity contribution in [1.82, 2.24) is 9.80 Å². The summed E-state index contributed by atoms with van der Waals surface area (Å²) in [6, 6.07) is 0. The number of hydrogen-bond donors (Lipinski definition) is 0. The van der Waals surface area contributed by atoms with Gasteiger partial charge in [0.05, 0.1) is 19.6 Å². The Balaban J connectivity index is 3.74. The van der Waals surface area contributed by atoms with Crippen molar-refractivity contribution in [1.29, 1.82) is 0 Å². The van der Waals surface area contributed by atoms with Gasteiger partial charge in [-0.2, -0.15) is 0 Å². The van der Waals surface area contributed by atoms with Crippen LogP contribution in [-0.4, -0.2) is 96.0 Å². The average Bonchev–Trinajstić information content (AvgIpc) is 2.69. The van der Waals surface area contributed by atoms with Crippen LogP contribution in [0.15, 0.2) is 0 Å². The van der Waals surface area contributed by atoms with E-state index in [1.165, 1.54) is 0 Å². The van der Waals surface area contributed by atoms with Crippen molar-refractivity contribution in [3.05, 3.63) is 0 Å². The minimum absolute atomic E-state index is 0.00197. The summed E-state index contributed by atoms with van der Waals surface area (Å²) in [4.78, 5) is 50.4. The summed E-state index contributed by atoms with van der Waals surface area (Å²) in [6.07, 6.45) is -0.161. The molecule has 0 aromatic rings. The summed E-state index contributed by atoms with van der Waals surface area (Å²) >= 11 is 2.06. The van der Waals surface area contributed by atoms with E-state index in [4.69, 9.17) is 9.47 Å². The molecule has 29 heavy (non-hydrogen) atoms. The molecule has 0 aromatic carbocycles. The molecule has 8 nitrogen and oxygen atoms in total. The number of ether oxygens (including phenoxy) is 2. The number of carbonyl (C=O) groups is 4. The smallest absolute Gasteiger partial charge is 0.248 e. The molecule has 0 atom stereocenters. The lowest BCUT2D eigenvalue weighted by molar-refractivity contribution is -0.136. The van der Waals surface area contributed by atoms with Crippen molar-refractivity contribution in [2.45, 2.75) is 34.1 Å². The average molecular weight is 451 g/mol. The summed E-state index contributed by atoms with van der Waals surface area (Å²) in [5, 5.41) is -0.447. The van der Waals surface area contributed by atoms with Gasteiger partial charge in [0.1, 0.15) is 13.2 Å². The first-order chi connectivity index (χ1) is 13.9. The van der Waals surface area contributed by atoms with Crippen LogP contribution >= 0.6 is 23.5 Å². The number of carbonyl (C=O) groups excluding carboxylic acids is 4. The molecule has 0 aliphatic heterocycles. The van der Waals surface area contributed by atoms with Crippen molar-refractivity contribution in [2.75, 3.05) is 64.1 Å². The zero-order valence-corrected chi connectivity index (χ0v) is 19.6. The molecule has 0 heterocycles. The molecular weight excluding hydrogens is 416 g/mol. The Hall–Kier alpha value is -1.10. The number of hydrogen-bond acceptors (Lipinski definition) is 8. The van der Waals surface area contributed by atoms with E-state index in [1.807, 2.05) is 27.7 Å². The molecule has 10 heteroatoms. The number of rotatable bonds is 16. The molecule has 0 fully saturated rings. The molecule has 0 saturated heterocycles. The fraction of sp³-hybridized carbons (Fsp3) is 0.789. The summed E-state index contributed by atoms with van der Waals surface area (Å²) in [6.45, 7) is 10.7. The Morgan fingerprint density at radius 3 is 1.31 bits per heavy atom. The fourth-order valence-electron chi connectivity index (χ4n) is 2.30. The highest BCUT2D eigenvalue weighted by Crippen LogP contribution is 2.12. The monoisotopic (exact) mass is 450 g/mol. The molecule has 0 unspecified atom stereocenters. The first kappa shape index (κ1) is 27.9. The predicted molar refractivity (Wildman–Crippen MR) is 117 cm³/mol. The van der Waals surface area contributed by atoms with Gasteiger partial charge in [-0.1, -0.05) is 23.5 Å². The highest BCUT2D eigenvalue weighted by Gasteiger charge is 2.13. The lowest BCUT2D eigenvalue weighted by Gasteiger charge is -2.18. The van der Waals surface area contributed by atoms with E-state index in [0.717, 1.165) is 23.5 Å². The van der Waals surface area contributed by atoms with Gasteiger partial charge >= 0.3 is 0 Å². The molecule has 0 aromatic heterocycles. The van der Waals surface area contributed by atoms with E-state index < -0.39 is 0 Å². The van der Waals surface area contributed by atoms with E-state index >= 15 is 0 Å². The second-order valence-electron chi connectivity index (χ2n) is 5.85. The summed E-state index contributed by atoms with van der Waals surface area (Å²) in [7, 11) is 0. The Labute approximate surface area is 182 Å². The van der Waals surface area contributed by atoms with Crippen LogP contribution in [-0.2, 0) is 28.7 Å². The van der Waals surface area contributed by atoms with Gasteiger partial charge in [-0.25, -0.2) is 0 Å². The van der Waals surface area contributed by atoms with E-state index in [1.54, 1.807) is 9.80 Å². The molecule has 168 valence electrons. The first-order valence-corrected chi connectivity index (χ1v) is 11.9. The van der Waals surface area contributed by atoms with Crippen LogP contribution in [0.3, 0.4) is 0 Å². The summed E-state index contributed by atoms with van der Waals surface area (Å²) < 4.78 is 10.6. The largest absolute Gasteiger partial charge is 0.371 e. The predicted octanol–water partition coefficient (Wildman–Crippen LogP) is 1.67. The number of likely N-dealkylation sites (N-methyl/N-ethyl adjacent to an activating group) is 2. The standard InChI is InChI=1S/C19H34N2O6S2/c1-5-20(6-2)16(22)14-26-9-11-28-18(24)13-19(25)29-12-10-27-15-17(23)21(7-3)8-4/h5-15H2,1-4H3. The van der Waals surface area contributed by atoms with Gasteiger partial charge in [0.15, 0.2) is 10.2 Å². The van der Waals surface area contributed by atoms with Crippen LogP contribution in [0.25, 0.3) is 0 Å². The molecule has 0 N–H and O–H groups in total. The minimum atomic E-state index is -0.223. The van der Waals surface area contributed by atoms with Crippen LogP contribution < -0.4 is 0 Å². The van der Waals surface area contributed by atoms with Crippen molar-refractivity contribution < 1.29 is 28.7 Å². The van der Waals surface area contributed by atoms with Gasteiger partial charge < -0.3 is 19.3 Å². The van der Waals surface area contributed by atoms with Gasteiger partial charge in [0, 0.05) is 37.7 Å². The maximum absolute atomic E-state index is 11.8. The zero-order valence-electron chi connectivity index (χ0n) is 17.9. The lowest BCUT2D eigenvalue weighted by atomic mass is 10.5. The molecule has 0 radical (unpaired) electrons. The molecule has 0 saturated carbocycles. The van der Waals surface area contributed by atoms with Crippen molar-refractivity contribution >= 4 is 45.6 Å². The maximum atomic E-state index is 11.8. The minimum Gasteiger partial charge on any atom is -0.371 e. The Bertz CT molecular complexity index is 467. The maximum Gasteiger partial charge on any atom is 0.248 e. The van der Waals surface area contributed by atoms with Crippen LogP contribution in [0.1, 0.15) is 34.1 Å². The second-order valence-corrected chi connectivity index (χ2v) is 8.16. The van der Waals surface area contributed by atoms with Crippen molar-refractivity contribution in [3.63, 3.8) is 0 Å². The highest BCUT2D eigenvalue weighted by atomic mass is 32.2. The Morgan fingerprint density at radius 1 is 0.655 bits per heavy atom. The third-order valence-corrected chi connectivity index (χ3v) is 5.63. The third kappa shape index (κ3) is 13.7. The summed E-state index contributed by atoms with van der Waals surface area (Å²) in [5.41, 5.74) is 0. The first-order valence-electron chi connectivity index (χ1n) is 9.91. The van der Waals surface area contributed by atoms with Crippen LogP contribution in [0, 0.1) is 0 Å². The quantitative estimate of drug-likeness (QED) is 0.259. The normalized spacial score (nSPS) is 10.6. The molecular formula is C19H34N2O6S2. The Morgan fingerprint density at radius 2 is 1.00 bits per heavy atom. The lowest BCUT2D eigenvalue weighted by Crippen LogP contribution is -2.33. The van der Waals surface area contributed by atoms with Crippen molar-refractivity contribution in [3.8, 4) is 0 Å². The van der Waals surface area contributed by atoms with Gasteiger partial charge in [-0.3, -0.25) is 19.2 Å². The van der Waals surface area contributed by atoms with Gasteiger partial charge in [0.2, 0.25) is 11.8 Å². The second kappa shape index (κ2) is 17.7. The fourth-order valence-corrected chi connectivity index (χ4v) is 3.72. The van der Waals surface area contributed by atoms with Gasteiger partial charge in [-0.05, 0) is 27.7 Å². The van der Waals surface area contributed by atoms with E-state index in [9.17, 15) is 19.2 Å². The molecule has 0 aliphatic carbocycles. The van der Waals surface area contributed by atoms with Crippen molar-refractivity contribution in [2.24, 2.45) is 0 Å². The SMILES string of the molecule is CCN(CC)C(=O)COCCSC(=O)CC(=O)SCCOCC(=O)N(CC)CC. The van der Waals surface area contributed by atoms with Gasteiger partial charge in [0.25, 0.3) is 0 Å². The number of thioether (sulfide) groups is 2. The van der Waals surface area contributed by atoms with Crippen LogP contribution in [0.4, 0.5) is 0 Å². The molecule has 2 amide bonds. The summed E-state index contributed by atoms with van der Waals surface area (Å²) in [5.74, 6) is 0.662. The number of nitrogens with zero attached hydrogens (tertiary/aromatic N) is 2. The Kier molecular flexibility index (Phi) is 17.1. The number of amides is 2. The highest BCUT2D eigenvalue weighted by molar-refractivity contribution is 8.15. The van der Waals surface area contributed by atoms with Crippen LogP contribution in [0.5, 0.6) is 0 Å².